The minimum absolute atomic E-state index is 0.156. The third kappa shape index (κ3) is 3.55. The van der Waals surface area contributed by atoms with Crippen molar-refractivity contribution in [2.24, 2.45) is 17.3 Å². The number of aldehydes is 1. The number of likely N-dealkylation sites (N-methyl/N-ethyl adjacent to an activating group) is 1. The molecule has 7 nitrogen and oxygen atoms in total. The summed E-state index contributed by atoms with van der Waals surface area (Å²) in [5.74, 6) is 1.55. The van der Waals surface area contributed by atoms with Crippen LogP contribution >= 0.6 is 11.9 Å². The lowest BCUT2D eigenvalue weighted by Crippen LogP contribution is -2.43. The number of carbonyl (C=O) groups is 2. The van der Waals surface area contributed by atoms with Crippen LogP contribution in [-0.4, -0.2) is 63.2 Å². The van der Waals surface area contributed by atoms with Gasteiger partial charge >= 0.3 is 0 Å². The zero-order valence-electron chi connectivity index (χ0n) is 22.3. The molecule has 9 heteroatoms. The second-order valence-electron chi connectivity index (χ2n) is 11.3. The van der Waals surface area contributed by atoms with Crippen molar-refractivity contribution < 1.29 is 23.1 Å². The number of benzene rings is 2. The highest BCUT2D eigenvalue weighted by Crippen LogP contribution is 2.85. The van der Waals surface area contributed by atoms with E-state index in [-0.39, 0.29) is 29.2 Å². The first kappa shape index (κ1) is 25.1. The van der Waals surface area contributed by atoms with Gasteiger partial charge in [-0.25, -0.2) is 4.39 Å². The lowest BCUT2D eigenvalue weighted by Gasteiger charge is -2.35. The predicted octanol–water partition coefficient (Wildman–Crippen LogP) is 4.76. The highest BCUT2D eigenvalue weighted by atomic mass is 32.2. The van der Waals surface area contributed by atoms with E-state index in [0.717, 1.165) is 54.5 Å². The van der Waals surface area contributed by atoms with Crippen LogP contribution in [0.5, 0.6) is 0 Å². The normalized spacial score (nSPS) is 29.3. The summed E-state index contributed by atoms with van der Waals surface area (Å²) in [6.07, 6.45) is 4.98. The number of ether oxygens (including phenoxy) is 1. The first-order valence-corrected chi connectivity index (χ1v) is 14.8. The summed E-state index contributed by atoms with van der Waals surface area (Å²) in [5, 5.41) is 3.95. The molecule has 4 heterocycles. The second-order valence-corrected chi connectivity index (χ2v) is 12.2. The number of rotatable bonds is 8. The maximum atomic E-state index is 13.7. The number of likely N-dealkylation sites (tertiary alicyclic amines) is 1. The van der Waals surface area contributed by atoms with Crippen molar-refractivity contribution in [2.45, 2.75) is 30.9 Å². The molecule has 8 rings (SSSR count). The lowest BCUT2D eigenvalue weighted by molar-refractivity contribution is -0.137. The summed E-state index contributed by atoms with van der Waals surface area (Å²) >= 11 is 1.61. The van der Waals surface area contributed by atoms with Gasteiger partial charge in [0.25, 0.3) is 0 Å². The van der Waals surface area contributed by atoms with E-state index >= 15 is 0 Å². The van der Waals surface area contributed by atoms with Gasteiger partial charge in [0.1, 0.15) is 23.4 Å². The Bertz CT molecular complexity index is 1450. The summed E-state index contributed by atoms with van der Waals surface area (Å²) in [5.41, 5.74) is 4.08. The Morgan fingerprint density at radius 1 is 1.31 bits per heavy atom. The monoisotopic (exact) mass is 549 g/mol. The molecule has 6 unspecified atom stereocenters. The van der Waals surface area contributed by atoms with Gasteiger partial charge in [0, 0.05) is 66.7 Å². The molecule has 39 heavy (non-hydrogen) atoms. The van der Waals surface area contributed by atoms with Crippen LogP contribution in [0.4, 0.5) is 10.1 Å². The van der Waals surface area contributed by atoms with Crippen LogP contribution in [-0.2, 0) is 14.3 Å². The number of carbonyl (C=O) groups excluding carboxylic acids is 2. The van der Waals surface area contributed by atoms with Gasteiger partial charge in [-0.1, -0.05) is 11.9 Å². The highest BCUT2D eigenvalue weighted by Gasteiger charge is 2.95. The van der Waals surface area contributed by atoms with Gasteiger partial charge in [-0.3, -0.25) is 4.79 Å². The van der Waals surface area contributed by atoms with Gasteiger partial charge in [0.05, 0.1) is 29.9 Å². The number of nitrogens with one attached hydrogen (secondary N) is 1. The van der Waals surface area contributed by atoms with Crippen molar-refractivity contribution in [1.82, 2.24) is 10.2 Å². The zero-order chi connectivity index (χ0) is 27.1. The Labute approximate surface area is 231 Å². The largest absolute Gasteiger partial charge is 0.456 e. The van der Waals surface area contributed by atoms with Gasteiger partial charge in [-0.05, 0) is 55.8 Å². The fourth-order valence-electron chi connectivity index (χ4n) is 7.29. The Hall–Kier alpha value is -2.88. The number of halogens is 1. The Kier molecular flexibility index (Phi) is 5.84. The second kappa shape index (κ2) is 9.08. The molecule has 1 amide bonds. The molecule has 5 fully saturated rings. The third-order valence-electron chi connectivity index (χ3n) is 9.50. The fraction of sp³-hybridized carbons (Fsp3) is 0.467. The van der Waals surface area contributed by atoms with Crippen LogP contribution in [0, 0.1) is 23.1 Å². The van der Waals surface area contributed by atoms with Crippen molar-refractivity contribution in [3.05, 3.63) is 53.3 Å². The van der Waals surface area contributed by atoms with Crippen molar-refractivity contribution in [2.75, 3.05) is 44.4 Å². The van der Waals surface area contributed by atoms with E-state index in [4.69, 9.17) is 9.15 Å². The molecule has 3 aromatic rings. The molecular weight excluding hydrogens is 517 g/mol. The molecule has 0 radical (unpaired) electrons. The number of anilines is 1. The van der Waals surface area contributed by atoms with Gasteiger partial charge in [-0.2, -0.15) is 0 Å². The highest BCUT2D eigenvalue weighted by molar-refractivity contribution is 7.99. The van der Waals surface area contributed by atoms with Crippen molar-refractivity contribution in [3.8, 4) is 11.3 Å². The van der Waals surface area contributed by atoms with Crippen LogP contribution in [0.1, 0.15) is 35.9 Å². The van der Waals surface area contributed by atoms with Crippen LogP contribution in [0.15, 0.2) is 40.8 Å². The SMILES string of the molecule is CNC(C=O)c1c(-c2ccc(F)cc2)oc2cc(N(C)SC)c(C3CCCN(C(=O)C45C6COC4C65)C3)cc12. The summed E-state index contributed by atoms with van der Waals surface area (Å²) in [4.78, 5) is 27.8. The Balaban J connectivity index is 1.32. The van der Waals surface area contributed by atoms with Gasteiger partial charge in [-0.15, -0.1) is 0 Å². The average molecular weight is 550 g/mol. The topological polar surface area (TPSA) is 75.0 Å². The molecule has 2 saturated carbocycles. The van der Waals surface area contributed by atoms with E-state index in [0.29, 0.717) is 35.3 Å². The minimum atomic E-state index is -0.594. The van der Waals surface area contributed by atoms with Crippen molar-refractivity contribution in [1.29, 1.82) is 0 Å². The van der Waals surface area contributed by atoms with Crippen LogP contribution < -0.4 is 9.62 Å². The molecule has 3 saturated heterocycles. The lowest BCUT2D eigenvalue weighted by atomic mass is 9.87. The number of piperidine rings is 1. The number of fused-ring (bicyclic) bond motifs is 2. The fourth-order valence-corrected chi connectivity index (χ4v) is 7.64. The first-order chi connectivity index (χ1) is 18.9. The van der Waals surface area contributed by atoms with E-state index in [1.165, 1.54) is 12.1 Å². The molecule has 2 aromatic carbocycles. The van der Waals surface area contributed by atoms with Gasteiger partial charge in [0.2, 0.25) is 5.91 Å². The smallest absolute Gasteiger partial charge is 0.232 e. The summed E-state index contributed by atoms with van der Waals surface area (Å²) in [6, 6.07) is 9.74. The molecule has 1 aromatic heterocycles. The quantitative estimate of drug-likeness (QED) is 0.321. The van der Waals surface area contributed by atoms with Crippen LogP contribution in [0.3, 0.4) is 0 Å². The van der Waals surface area contributed by atoms with Gasteiger partial charge in [0.15, 0.2) is 0 Å². The Morgan fingerprint density at radius 2 is 2.10 bits per heavy atom. The number of amides is 1. The molecule has 1 N–H and O–H groups in total. The zero-order valence-corrected chi connectivity index (χ0v) is 23.1. The molecule has 6 atom stereocenters. The number of hydrogen-bond donors (Lipinski definition) is 1. The minimum Gasteiger partial charge on any atom is -0.456 e. The van der Waals surface area contributed by atoms with E-state index in [1.54, 1.807) is 31.1 Å². The predicted molar refractivity (Wildman–Crippen MR) is 149 cm³/mol. The summed E-state index contributed by atoms with van der Waals surface area (Å²) in [7, 11) is 3.77. The molecule has 2 aliphatic carbocycles. The van der Waals surface area contributed by atoms with E-state index < -0.39 is 6.04 Å². The summed E-state index contributed by atoms with van der Waals surface area (Å²) < 4.78 is 28.0. The third-order valence-corrected chi connectivity index (χ3v) is 10.2. The molecule has 5 aliphatic rings. The number of furan rings is 1. The van der Waals surface area contributed by atoms with Gasteiger partial charge < -0.3 is 28.5 Å². The Morgan fingerprint density at radius 3 is 2.74 bits per heavy atom. The molecule has 0 spiro atoms. The van der Waals surface area contributed by atoms with Crippen molar-refractivity contribution >= 4 is 40.8 Å². The average Bonchev–Trinajstić information content (AvgIpc) is 3.52. The van der Waals surface area contributed by atoms with Crippen LogP contribution in [0.2, 0.25) is 0 Å². The van der Waals surface area contributed by atoms with E-state index in [2.05, 4.69) is 20.6 Å². The maximum absolute atomic E-state index is 13.7. The van der Waals surface area contributed by atoms with Crippen LogP contribution in [0.25, 0.3) is 22.3 Å². The van der Waals surface area contributed by atoms with E-state index in [1.807, 2.05) is 19.4 Å². The maximum Gasteiger partial charge on any atom is 0.232 e. The standard InChI is InChI=1S/C30H32FN3O4S/c1-32-22(14-35)25-20-11-19(17-5-4-10-34(13-17)29(36)30-21-15-37-28(30)26(21)30)23(33(2)39-3)12-24(20)38-27(25)16-6-8-18(31)9-7-16/h6-9,11-12,14,17,21-22,26,28,32H,4-5,10,13,15H2,1-3H3. The molecule has 2 bridgehead atoms. The molecular formula is C30H32FN3O4S. The number of nitrogens with zero attached hydrogens (tertiary/aromatic N) is 2. The molecule has 204 valence electrons. The summed E-state index contributed by atoms with van der Waals surface area (Å²) in [6.45, 7) is 2.20. The number of hydrogen-bond acceptors (Lipinski definition) is 7. The van der Waals surface area contributed by atoms with Crippen molar-refractivity contribution in [3.63, 3.8) is 0 Å². The van der Waals surface area contributed by atoms with E-state index in [9.17, 15) is 14.0 Å². The molecule has 3 aliphatic heterocycles. The first-order valence-electron chi connectivity index (χ1n) is 13.6.